The molecular weight excluding hydrogens is 486 g/mol. The predicted molar refractivity (Wildman–Crippen MR) is 154 cm³/mol. The molecule has 8 nitrogen and oxygen atoms in total. The highest BCUT2D eigenvalue weighted by Gasteiger charge is 2.27. The lowest BCUT2D eigenvalue weighted by Crippen LogP contribution is -2.20. The second-order valence-corrected chi connectivity index (χ2v) is 10.6. The van der Waals surface area contributed by atoms with Gasteiger partial charge in [-0.05, 0) is 62.7 Å². The van der Waals surface area contributed by atoms with E-state index in [-0.39, 0.29) is 6.23 Å². The molecule has 1 saturated heterocycles. The smallest absolute Gasteiger partial charge is 0.176 e. The van der Waals surface area contributed by atoms with Crippen LogP contribution in [0, 0.1) is 0 Å². The van der Waals surface area contributed by atoms with Crippen LogP contribution in [0.3, 0.4) is 0 Å². The van der Waals surface area contributed by atoms with Crippen LogP contribution < -0.4 is 15.4 Å². The van der Waals surface area contributed by atoms with E-state index < -0.39 is 0 Å². The summed E-state index contributed by atoms with van der Waals surface area (Å²) in [4.78, 5) is 16.2. The molecular formula is C31H35N7O. The summed E-state index contributed by atoms with van der Waals surface area (Å²) >= 11 is 0. The van der Waals surface area contributed by atoms with Crippen LogP contribution in [-0.4, -0.2) is 37.6 Å². The van der Waals surface area contributed by atoms with E-state index in [9.17, 15) is 0 Å². The first-order chi connectivity index (χ1) is 19.2. The van der Waals surface area contributed by atoms with E-state index in [2.05, 4.69) is 91.4 Å². The number of H-pyrrole nitrogens is 2. The van der Waals surface area contributed by atoms with E-state index in [1.807, 2.05) is 12.4 Å². The van der Waals surface area contributed by atoms with Crippen LogP contribution in [0.1, 0.15) is 63.4 Å². The number of aromatic nitrogens is 5. The minimum atomic E-state index is -0.0606. The Bertz CT molecular complexity index is 1620. The summed E-state index contributed by atoms with van der Waals surface area (Å²) < 4.78 is 8.94. The van der Waals surface area contributed by atoms with Gasteiger partial charge in [-0.25, -0.2) is 9.97 Å². The Morgan fingerprint density at radius 3 is 2.69 bits per heavy atom. The highest BCUT2D eigenvalue weighted by molar-refractivity contribution is 5.92. The van der Waals surface area contributed by atoms with Crippen LogP contribution in [0.4, 0.5) is 0 Å². The van der Waals surface area contributed by atoms with E-state index in [1.165, 1.54) is 23.0 Å². The van der Waals surface area contributed by atoms with Crippen LogP contribution in [0.15, 0.2) is 54.9 Å². The molecule has 0 spiro atoms. The topological polar surface area (TPSA) is 95.6 Å². The van der Waals surface area contributed by atoms with Crippen molar-refractivity contribution in [2.24, 2.45) is 0 Å². The summed E-state index contributed by atoms with van der Waals surface area (Å²) in [6.07, 6.45) is 8.12. The van der Waals surface area contributed by atoms with Crippen molar-refractivity contribution >= 4 is 10.9 Å². The second-order valence-electron chi connectivity index (χ2n) is 10.6. The number of ether oxygens (including phenoxy) is 1. The maximum Gasteiger partial charge on any atom is 0.176 e. The normalized spacial score (nSPS) is 18.3. The molecule has 2 unspecified atom stereocenters. The minimum absolute atomic E-state index is 0.0606. The number of hydrogen-bond acceptors (Lipinski definition) is 5. The molecule has 0 saturated carbocycles. The fourth-order valence-corrected chi connectivity index (χ4v) is 5.95. The molecule has 5 heterocycles. The zero-order chi connectivity index (χ0) is 26.3. The molecule has 200 valence electrons. The lowest BCUT2D eigenvalue weighted by Gasteiger charge is -2.29. The Kier molecular flexibility index (Phi) is 6.21. The summed E-state index contributed by atoms with van der Waals surface area (Å²) in [6.45, 7) is 7.14. The zero-order valence-electron chi connectivity index (χ0n) is 22.6. The first kappa shape index (κ1) is 24.2. The maximum atomic E-state index is 6.60. The lowest BCUT2D eigenvalue weighted by molar-refractivity contribution is 0.128. The van der Waals surface area contributed by atoms with Crippen molar-refractivity contribution in [2.45, 2.75) is 58.3 Å². The Hall–Kier alpha value is -3.88. The molecule has 2 aromatic carbocycles. The summed E-state index contributed by atoms with van der Waals surface area (Å²) in [5.41, 5.74) is 7.78. The van der Waals surface area contributed by atoms with Gasteiger partial charge < -0.3 is 29.9 Å². The number of imidazole rings is 2. The molecule has 2 aliphatic rings. The van der Waals surface area contributed by atoms with Crippen LogP contribution in [0.5, 0.6) is 5.75 Å². The van der Waals surface area contributed by atoms with Gasteiger partial charge in [-0.2, -0.15) is 0 Å². The van der Waals surface area contributed by atoms with Crippen LogP contribution in [0.2, 0.25) is 0 Å². The first-order valence-electron chi connectivity index (χ1n) is 14.2. The third-order valence-corrected chi connectivity index (χ3v) is 7.95. The van der Waals surface area contributed by atoms with E-state index >= 15 is 0 Å². The van der Waals surface area contributed by atoms with Crippen molar-refractivity contribution in [3.05, 3.63) is 66.5 Å². The Morgan fingerprint density at radius 2 is 1.85 bits per heavy atom. The molecule has 8 heteroatoms. The number of aromatic amines is 2. The quantitative estimate of drug-likeness (QED) is 0.179. The van der Waals surface area contributed by atoms with E-state index in [1.54, 1.807) is 0 Å². The molecule has 0 radical (unpaired) electrons. The molecule has 1 fully saturated rings. The first-order valence-corrected chi connectivity index (χ1v) is 14.2. The van der Waals surface area contributed by atoms with Gasteiger partial charge in [0.1, 0.15) is 17.4 Å². The molecule has 0 bridgehead atoms. The average molecular weight is 522 g/mol. The summed E-state index contributed by atoms with van der Waals surface area (Å²) in [5, 5.41) is 8.13. The third-order valence-electron chi connectivity index (χ3n) is 7.95. The maximum absolute atomic E-state index is 6.60. The van der Waals surface area contributed by atoms with Crippen molar-refractivity contribution < 1.29 is 4.74 Å². The Labute approximate surface area is 228 Å². The third kappa shape index (κ3) is 4.33. The molecule has 5 aromatic rings. The summed E-state index contributed by atoms with van der Waals surface area (Å²) in [6, 6.07) is 15.8. The van der Waals surface area contributed by atoms with E-state index in [4.69, 9.17) is 4.74 Å². The van der Waals surface area contributed by atoms with Gasteiger partial charge in [-0.1, -0.05) is 26.0 Å². The standard InChI is InChI=1S/C31H35N7O/c1-3-11-32-18-29-34-16-24(36-29)19-8-10-26-21(13-19)14-27-22-9-7-20(15-28(22)39-30(4-2)38(26)27)25-17-35-31(37-25)23-6-5-12-33-23/h7-10,13-17,23,30,32-33H,3-6,11-12,18H2,1-2H3,(H,34,36)(H,35,37). The number of nitrogens with one attached hydrogen (secondary N) is 4. The fourth-order valence-electron chi connectivity index (χ4n) is 5.95. The summed E-state index contributed by atoms with van der Waals surface area (Å²) in [7, 11) is 0. The fraction of sp³-hybridized carbons (Fsp3) is 0.355. The predicted octanol–water partition coefficient (Wildman–Crippen LogP) is 6.31. The molecule has 39 heavy (non-hydrogen) atoms. The van der Waals surface area contributed by atoms with Gasteiger partial charge in [-0.15, -0.1) is 0 Å². The highest BCUT2D eigenvalue weighted by atomic mass is 16.5. The minimum Gasteiger partial charge on any atom is -0.469 e. The van der Waals surface area contributed by atoms with Crippen LogP contribution >= 0.6 is 0 Å². The SMILES string of the molecule is CCCNCc1ncc(-c2ccc3c(c2)cc2n3C(CC)Oc3cc(-c4cnc(C5CCCN5)[nH]4)ccc3-2)[nH]1. The summed E-state index contributed by atoms with van der Waals surface area (Å²) in [5.74, 6) is 2.90. The molecule has 4 N–H and O–H groups in total. The molecule has 2 aliphatic heterocycles. The monoisotopic (exact) mass is 521 g/mol. The van der Waals surface area contributed by atoms with Crippen molar-refractivity contribution in [3.8, 4) is 39.5 Å². The van der Waals surface area contributed by atoms with Crippen LogP contribution in [0.25, 0.3) is 44.7 Å². The molecule has 7 rings (SSSR count). The molecule has 3 aromatic heterocycles. The Balaban J connectivity index is 1.22. The zero-order valence-corrected chi connectivity index (χ0v) is 22.6. The van der Waals surface area contributed by atoms with Crippen molar-refractivity contribution in [3.63, 3.8) is 0 Å². The molecule has 0 aliphatic carbocycles. The van der Waals surface area contributed by atoms with Gasteiger partial charge in [-0.3, -0.25) is 0 Å². The van der Waals surface area contributed by atoms with Crippen molar-refractivity contribution in [1.82, 2.24) is 35.1 Å². The van der Waals surface area contributed by atoms with Crippen molar-refractivity contribution in [1.29, 1.82) is 0 Å². The largest absolute Gasteiger partial charge is 0.469 e. The van der Waals surface area contributed by atoms with Gasteiger partial charge in [0.2, 0.25) is 0 Å². The highest BCUT2D eigenvalue weighted by Crippen LogP contribution is 2.45. The van der Waals surface area contributed by atoms with Crippen molar-refractivity contribution in [2.75, 3.05) is 13.1 Å². The van der Waals surface area contributed by atoms with Gasteiger partial charge in [0.05, 0.1) is 47.6 Å². The number of fused-ring (bicyclic) bond motifs is 5. The average Bonchev–Trinajstić information content (AvgIpc) is 3.78. The van der Waals surface area contributed by atoms with Gasteiger partial charge >= 0.3 is 0 Å². The number of benzene rings is 2. The second kappa shape index (κ2) is 10.0. The van der Waals surface area contributed by atoms with Gasteiger partial charge in [0.15, 0.2) is 6.23 Å². The van der Waals surface area contributed by atoms with Gasteiger partial charge in [0.25, 0.3) is 0 Å². The number of rotatable bonds is 8. The Morgan fingerprint density at radius 1 is 1.00 bits per heavy atom. The molecule has 2 atom stereocenters. The van der Waals surface area contributed by atoms with Crippen LogP contribution in [-0.2, 0) is 6.54 Å². The number of hydrogen-bond donors (Lipinski definition) is 4. The molecule has 0 amide bonds. The van der Waals surface area contributed by atoms with Gasteiger partial charge in [0, 0.05) is 28.5 Å². The lowest BCUT2D eigenvalue weighted by atomic mass is 10.0. The van der Waals surface area contributed by atoms with E-state index in [0.717, 1.165) is 84.4 Å². The number of nitrogens with zero attached hydrogens (tertiary/aromatic N) is 3. The van der Waals surface area contributed by atoms with E-state index in [0.29, 0.717) is 6.04 Å².